The second-order valence-electron chi connectivity index (χ2n) is 4.01. The van der Waals surface area contributed by atoms with Crippen molar-refractivity contribution in [2.24, 2.45) is 0 Å². The molecule has 0 N–H and O–H groups in total. The zero-order valence-electron chi connectivity index (χ0n) is 9.00. The van der Waals surface area contributed by atoms with E-state index >= 15 is 0 Å². The van der Waals surface area contributed by atoms with Crippen LogP contribution in [0.4, 0.5) is 0 Å². The summed E-state index contributed by atoms with van der Waals surface area (Å²) in [6.45, 7) is 0. The second kappa shape index (κ2) is 4.77. The van der Waals surface area contributed by atoms with Crippen molar-refractivity contribution < 1.29 is 0 Å². The van der Waals surface area contributed by atoms with Gasteiger partial charge < -0.3 is 0 Å². The summed E-state index contributed by atoms with van der Waals surface area (Å²) in [6.07, 6.45) is 3.43. The quantitative estimate of drug-likeness (QED) is 0.618. The highest BCUT2D eigenvalue weighted by Gasteiger charge is 2.22. The van der Waals surface area contributed by atoms with Crippen LogP contribution >= 0.6 is 45.9 Å². The smallest absolute Gasteiger partial charge is 0.0589 e. The molecule has 2 aromatic heterocycles. The normalized spacial score (nSPS) is 15.9. The van der Waals surface area contributed by atoms with Crippen LogP contribution in [0.3, 0.4) is 0 Å². The van der Waals surface area contributed by atoms with Gasteiger partial charge in [0.2, 0.25) is 0 Å². The molecule has 3 rings (SSSR count). The molecule has 0 fully saturated rings. The summed E-state index contributed by atoms with van der Waals surface area (Å²) in [6, 6.07) is 3.95. The Morgan fingerprint density at radius 2 is 1.29 bits per heavy atom. The Hall–Kier alpha value is -0.280. The fourth-order valence-corrected chi connectivity index (χ4v) is 4.81. The average molecular weight is 301 g/mol. The largest absolute Gasteiger partial charge is 0.143 e. The summed E-state index contributed by atoms with van der Waals surface area (Å²) >= 11 is 15.9. The molecule has 0 saturated heterocycles. The Labute approximate surface area is 119 Å². The molecular weight excluding hydrogens is 291 g/mol. The van der Waals surface area contributed by atoms with E-state index in [9.17, 15) is 0 Å². The molecule has 0 bridgehead atoms. The minimum atomic E-state index is 0.872. The van der Waals surface area contributed by atoms with Gasteiger partial charge in [0.15, 0.2) is 0 Å². The zero-order valence-corrected chi connectivity index (χ0v) is 12.1. The molecule has 0 atom stereocenters. The maximum absolute atomic E-state index is 6.23. The van der Waals surface area contributed by atoms with Crippen molar-refractivity contribution in [3.05, 3.63) is 42.7 Å². The van der Waals surface area contributed by atoms with Crippen molar-refractivity contribution in [3.8, 4) is 0 Å². The van der Waals surface area contributed by atoms with Crippen molar-refractivity contribution >= 4 is 57.0 Å². The van der Waals surface area contributed by atoms with E-state index in [2.05, 4.69) is 10.8 Å². The zero-order chi connectivity index (χ0) is 11.8. The standard InChI is InChI=1S/C13H10Cl2S2/c14-10-4-6-16-12(10)8-2-1-3-9(8)13-11(15)5-7-17-13/h4-7H,1-3H2. The maximum atomic E-state index is 6.23. The third-order valence-corrected chi connectivity index (χ3v) is 5.80. The molecule has 0 nitrogen and oxygen atoms in total. The van der Waals surface area contributed by atoms with Gasteiger partial charge in [0.25, 0.3) is 0 Å². The molecule has 1 aliphatic rings. The van der Waals surface area contributed by atoms with Crippen molar-refractivity contribution in [1.29, 1.82) is 0 Å². The number of halogens is 2. The van der Waals surface area contributed by atoms with Gasteiger partial charge in [-0.15, -0.1) is 22.7 Å². The van der Waals surface area contributed by atoms with Gasteiger partial charge in [-0.2, -0.15) is 0 Å². The van der Waals surface area contributed by atoms with Gasteiger partial charge in [0.05, 0.1) is 10.0 Å². The second-order valence-corrected chi connectivity index (χ2v) is 6.65. The summed E-state index contributed by atoms with van der Waals surface area (Å²) in [7, 11) is 0. The summed E-state index contributed by atoms with van der Waals surface area (Å²) in [5, 5.41) is 5.85. The van der Waals surface area contributed by atoms with Crippen LogP contribution < -0.4 is 0 Å². The molecular formula is C13H10Cl2S2. The molecule has 1 aliphatic carbocycles. The van der Waals surface area contributed by atoms with Crippen LogP contribution in [0.1, 0.15) is 29.0 Å². The number of allylic oxidation sites excluding steroid dienone is 2. The first-order chi connectivity index (χ1) is 8.27. The van der Waals surface area contributed by atoms with E-state index in [1.807, 2.05) is 12.1 Å². The molecule has 88 valence electrons. The highest BCUT2D eigenvalue weighted by molar-refractivity contribution is 7.13. The summed E-state index contributed by atoms with van der Waals surface area (Å²) in [4.78, 5) is 2.45. The van der Waals surface area contributed by atoms with Crippen LogP contribution in [0.15, 0.2) is 22.9 Å². The van der Waals surface area contributed by atoms with Crippen molar-refractivity contribution in [1.82, 2.24) is 0 Å². The Bertz CT molecular complexity index is 528. The molecule has 2 aromatic rings. The first kappa shape index (κ1) is 11.8. The highest BCUT2D eigenvalue weighted by atomic mass is 35.5. The average Bonchev–Trinajstić information content (AvgIpc) is 2.97. The Kier molecular flexibility index (Phi) is 3.31. The lowest BCUT2D eigenvalue weighted by molar-refractivity contribution is 0.944. The van der Waals surface area contributed by atoms with Gasteiger partial charge in [0, 0.05) is 9.75 Å². The Morgan fingerprint density at radius 1 is 0.824 bits per heavy atom. The van der Waals surface area contributed by atoms with Gasteiger partial charge in [-0.3, -0.25) is 0 Å². The lowest BCUT2D eigenvalue weighted by Gasteiger charge is -2.05. The number of rotatable bonds is 2. The molecule has 0 unspecified atom stereocenters. The van der Waals surface area contributed by atoms with Crippen molar-refractivity contribution in [2.75, 3.05) is 0 Å². The molecule has 0 saturated carbocycles. The SMILES string of the molecule is Clc1ccsc1C1=C(c2sccc2Cl)CCC1. The number of thiophene rings is 2. The predicted molar refractivity (Wildman–Crippen MR) is 79.3 cm³/mol. The van der Waals surface area contributed by atoms with E-state index in [-0.39, 0.29) is 0 Å². The van der Waals surface area contributed by atoms with Crippen LogP contribution in [0.2, 0.25) is 10.0 Å². The van der Waals surface area contributed by atoms with Gasteiger partial charge in [0.1, 0.15) is 0 Å². The first-order valence-electron chi connectivity index (χ1n) is 5.46. The van der Waals surface area contributed by atoms with Crippen LogP contribution in [-0.4, -0.2) is 0 Å². The fraction of sp³-hybridized carbons (Fsp3) is 0.231. The van der Waals surface area contributed by atoms with Gasteiger partial charge in [-0.1, -0.05) is 23.2 Å². The highest BCUT2D eigenvalue weighted by Crippen LogP contribution is 2.46. The van der Waals surface area contributed by atoms with E-state index in [1.54, 1.807) is 22.7 Å². The molecule has 2 heterocycles. The molecule has 17 heavy (non-hydrogen) atoms. The van der Waals surface area contributed by atoms with E-state index in [4.69, 9.17) is 23.2 Å². The van der Waals surface area contributed by atoms with Crippen LogP contribution in [0.5, 0.6) is 0 Å². The van der Waals surface area contributed by atoms with E-state index in [0.717, 1.165) is 22.9 Å². The van der Waals surface area contributed by atoms with Gasteiger partial charge in [-0.25, -0.2) is 0 Å². The summed E-state index contributed by atoms with van der Waals surface area (Å²) < 4.78 is 0. The minimum Gasteiger partial charge on any atom is -0.143 e. The topological polar surface area (TPSA) is 0 Å². The fourth-order valence-electron chi connectivity index (χ4n) is 2.26. The van der Waals surface area contributed by atoms with Crippen molar-refractivity contribution in [2.45, 2.75) is 19.3 Å². The first-order valence-corrected chi connectivity index (χ1v) is 7.97. The monoisotopic (exact) mass is 300 g/mol. The van der Waals surface area contributed by atoms with Gasteiger partial charge in [-0.05, 0) is 53.3 Å². The van der Waals surface area contributed by atoms with Crippen molar-refractivity contribution in [3.63, 3.8) is 0 Å². The molecule has 0 amide bonds. The molecule has 0 spiro atoms. The lowest BCUT2D eigenvalue weighted by Crippen LogP contribution is -1.81. The van der Waals surface area contributed by atoms with E-state index < -0.39 is 0 Å². The minimum absolute atomic E-state index is 0.872. The van der Waals surface area contributed by atoms with E-state index in [1.165, 1.54) is 27.3 Å². The summed E-state index contributed by atoms with van der Waals surface area (Å²) in [5.41, 5.74) is 2.80. The van der Waals surface area contributed by atoms with E-state index in [0.29, 0.717) is 0 Å². The lowest BCUT2D eigenvalue weighted by atomic mass is 10.1. The Morgan fingerprint density at radius 3 is 1.65 bits per heavy atom. The van der Waals surface area contributed by atoms with Crippen LogP contribution in [0, 0.1) is 0 Å². The van der Waals surface area contributed by atoms with Gasteiger partial charge >= 0.3 is 0 Å². The maximum Gasteiger partial charge on any atom is 0.0589 e. The molecule has 0 aromatic carbocycles. The molecule has 0 aliphatic heterocycles. The third kappa shape index (κ3) is 2.08. The Balaban J connectivity index is 2.14. The predicted octanol–water partition coefficient (Wildman–Crippen LogP) is 6.21. The summed E-state index contributed by atoms with van der Waals surface area (Å²) in [5.74, 6) is 0. The van der Waals surface area contributed by atoms with Crippen LogP contribution in [0.25, 0.3) is 11.1 Å². The number of hydrogen-bond donors (Lipinski definition) is 0. The van der Waals surface area contributed by atoms with Crippen LogP contribution in [-0.2, 0) is 0 Å². The third-order valence-electron chi connectivity index (χ3n) is 3.00. The molecule has 4 heteroatoms. The molecule has 0 radical (unpaired) electrons. The number of hydrogen-bond acceptors (Lipinski definition) is 2.